The van der Waals surface area contributed by atoms with Gasteiger partial charge in [0.25, 0.3) is 0 Å². The first-order chi connectivity index (χ1) is 9.70. The smallest absolute Gasteiger partial charge is 0.131 e. The summed E-state index contributed by atoms with van der Waals surface area (Å²) in [5.41, 5.74) is 0. The van der Waals surface area contributed by atoms with Crippen molar-refractivity contribution >= 4 is 11.3 Å². The molecule has 0 amide bonds. The highest BCUT2D eigenvalue weighted by Gasteiger charge is 2.21. The lowest BCUT2D eigenvalue weighted by atomic mass is 9.98. The summed E-state index contributed by atoms with van der Waals surface area (Å²) >= 11 is 1.71. The number of likely N-dealkylation sites (tertiary alicyclic amines) is 1. The quantitative estimate of drug-likeness (QED) is 0.867. The van der Waals surface area contributed by atoms with Gasteiger partial charge in [-0.05, 0) is 39.2 Å². The molecule has 2 aromatic rings. The van der Waals surface area contributed by atoms with Crippen molar-refractivity contribution in [2.75, 3.05) is 13.1 Å². The van der Waals surface area contributed by atoms with Crippen LogP contribution in [0.5, 0.6) is 0 Å². The summed E-state index contributed by atoms with van der Waals surface area (Å²) < 4.78 is 2.27. The van der Waals surface area contributed by atoms with Crippen LogP contribution in [-0.4, -0.2) is 37.7 Å². The molecule has 0 aromatic carbocycles. The maximum Gasteiger partial charge on any atom is 0.131 e. The van der Waals surface area contributed by atoms with Gasteiger partial charge in [0.05, 0.1) is 6.54 Å². The van der Waals surface area contributed by atoms with E-state index in [1.165, 1.54) is 19.4 Å². The molecule has 3 rings (SSSR count). The number of hydrogen-bond acceptors (Lipinski definition) is 5. The standard InChI is InChI=1S/C14H21N5S/c1-11-15-5-7-19(11)9-13-4-3-6-18(8-13)10-14-17-16-12(2)20-14/h5,7,13H,3-4,6,8-10H2,1-2H3/t13-/m0/s1. The third kappa shape index (κ3) is 3.24. The largest absolute Gasteiger partial charge is 0.335 e. The van der Waals surface area contributed by atoms with Crippen LogP contribution in [0.15, 0.2) is 12.4 Å². The van der Waals surface area contributed by atoms with Gasteiger partial charge in [0.1, 0.15) is 15.8 Å². The van der Waals surface area contributed by atoms with E-state index in [0.717, 1.165) is 35.5 Å². The van der Waals surface area contributed by atoms with E-state index in [9.17, 15) is 0 Å². The molecule has 0 spiro atoms. The monoisotopic (exact) mass is 291 g/mol. The Morgan fingerprint density at radius 2 is 2.25 bits per heavy atom. The maximum atomic E-state index is 4.30. The summed E-state index contributed by atoms with van der Waals surface area (Å²) in [5, 5.41) is 10.5. The molecule has 0 N–H and O–H groups in total. The average Bonchev–Trinajstić information content (AvgIpc) is 3.00. The maximum absolute atomic E-state index is 4.30. The van der Waals surface area contributed by atoms with Gasteiger partial charge in [-0.25, -0.2) is 4.98 Å². The van der Waals surface area contributed by atoms with E-state index in [4.69, 9.17) is 0 Å². The van der Waals surface area contributed by atoms with E-state index in [2.05, 4.69) is 37.8 Å². The van der Waals surface area contributed by atoms with Gasteiger partial charge in [0, 0.05) is 25.5 Å². The van der Waals surface area contributed by atoms with Crippen LogP contribution >= 0.6 is 11.3 Å². The summed E-state index contributed by atoms with van der Waals surface area (Å²) in [6.45, 7) is 8.45. The molecular formula is C14H21N5S. The molecule has 1 saturated heterocycles. The molecular weight excluding hydrogens is 270 g/mol. The van der Waals surface area contributed by atoms with Gasteiger partial charge >= 0.3 is 0 Å². The van der Waals surface area contributed by atoms with Crippen molar-refractivity contribution in [3.8, 4) is 0 Å². The summed E-state index contributed by atoms with van der Waals surface area (Å²) in [6, 6.07) is 0. The van der Waals surface area contributed by atoms with E-state index in [-0.39, 0.29) is 0 Å². The topological polar surface area (TPSA) is 46.8 Å². The predicted octanol–water partition coefficient (Wildman–Crippen LogP) is 2.26. The molecule has 0 radical (unpaired) electrons. The van der Waals surface area contributed by atoms with Crippen molar-refractivity contribution in [1.82, 2.24) is 24.6 Å². The van der Waals surface area contributed by atoms with Crippen LogP contribution in [0.4, 0.5) is 0 Å². The number of piperidine rings is 1. The Labute approximate surface area is 123 Å². The van der Waals surface area contributed by atoms with Crippen LogP contribution in [0.3, 0.4) is 0 Å². The number of aromatic nitrogens is 4. The van der Waals surface area contributed by atoms with E-state index >= 15 is 0 Å². The fourth-order valence-corrected chi connectivity index (χ4v) is 3.66. The van der Waals surface area contributed by atoms with E-state index in [1.54, 1.807) is 11.3 Å². The average molecular weight is 291 g/mol. The van der Waals surface area contributed by atoms with Crippen molar-refractivity contribution in [2.24, 2.45) is 5.92 Å². The highest BCUT2D eigenvalue weighted by atomic mass is 32.1. The van der Waals surface area contributed by atoms with Gasteiger partial charge in [0.2, 0.25) is 0 Å². The molecule has 5 nitrogen and oxygen atoms in total. The number of nitrogens with zero attached hydrogens (tertiary/aromatic N) is 5. The van der Waals surface area contributed by atoms with Crippen molar-refractivity contribution in [3.05, 3.63) is 28.2 Å². The Bertz CT molecular complexity index is 561. The van der Waals surface area contributed by atoms with Gasteiger partial charge in [-0.3, -0.25) is 4.90 Å². The molecule has 1 aliphatic heterocycles. The van der Waals surface area contributed by atoms with Gasteiger partial charge in [-0.2, -0.15) is 0 Å². The van der Waals surface area contributed by atoms with Crippen molar-refractivity contribution in [2.45, 2.75) is 39.8 Å². The minimum Gasteiger partial charge on any atom is -0.335 e. The number of hydrogen-bond donors (Lipinski definition) is 0. The second kappa shape index (κ2) is 6.01. The molecule has 108 valence electrons. The Balaban J connectivity index is 1.57. The molecule has 3 heterocycles. The normalized spacial score (nSPS) is 20.4. The van der Waals surface area contributed by atoms with Crippen LogP contribution in [0.25, 0.3) is 0 Å². The lowest BCUT2D eigenvalue weighted by Gasteiger charge is -2.32. The zero-order valence-electron chi connectivity index (χ0n) is 12.1. The fraction of sp³-hybridized carbons (Fsp3) is 0.643. The summed E-state index contributed by atoms with van der Waals surface area (Å²) in [5.74, 6) is 1.83. The highest BCUT2D eigenvalue weighted by molar-refractivity contribution is 7.11. The van der Waals surface area contributed by atoms with Crippen LogP contribution in [0.2, 0.25) is 0 Å². The van der Waals surface area contributed by atoms with Gasteiger partial charge in [0.15, 0.2) is 0 Å². The van der Waals surface area contributed by atoms with Gasteiger partial charge in [-0.15, -0.1) is 21.5 Å². The Kier molecular flexibility index (Phi) is 4.12. The summed E-state index contributed by atoms with van der Waals surface area (Å²) in [4.78, 5) is 6.82. The molecule has 2 aromatic heterocycles. The first-order valence-corrected chi connectivity index (χ1v) is 8.01. The molecule has 0 aliphatic carbocycles. The molecule has 1 fully saturated rings. The molecule has 1 aliphatic rings. The van der Waals surface area contributed by atoms with Crippen molar-refractivity contribution in [1.29, 1.82) is 0 Å². The number of imidazole rings is 1. The van der Waals surface area contributed by atoms with E-state index < -0.39 is 0 Å². The molecule has 0 bridgehead atoms. The third-order valence-corrected chi connectivity index (χ3v) is 4.73. The van der Waals surface area contributed by atoms with Crippen LogP contribution in [-0.2, 0) is 13.1 Å². The zero-order chi connectivity index (χ0) is 13.9. The first-order valence-electron chi connectivity index (χ1n) is 7.20. The Morgan fingerprint density at radius 1 is 1.35 bits per heavy atom. The van der Waals surface area contributed by atoms with Crippen molar-refractivity contribution < 1.29 is 0 Å². The molecule has 0 saturated carbocycles. The third-order valence-electron chi connectivity index (χ3n) is 3.91. The minimum absolute atomic E-state index is 0.714. The van der Waals surface area contributed by atoms with Crippen LogP contribution < -0.4 is 0 Å². The number of rotatable bonds is 4. The van der Waals surface area contributed by atoms with Gasteiger partial charge in [-0.1, -0.05) is 0 Å². The second-order valence-corrected chi connectivity index (χ2v) is 6.85. The lowest BCUT2D eigenvalue weighted by molar-refractivity contribution is 0.155. The minimum atomic E-state index is 0.714. The molecule has 1 atom stereocenters. The lowest BCUT2D eigenvalue weighted by Crippen LogP contribution is -2.36. The zero-order valence-corrected chi connectivity index (χ0v) is 12.9. The first kappa shape index (κ1) is 13.7. The summed E-state index contributed by atoms with van der Waals surface area (Å²) in [7, 11) is 0. The van der Waals surface area contributed by atoms with Gasteiger partial charge < -0.3 is 4.57 Å². The number of aryl methyl sites for hydroxylation is 2. The predicted molar refractivity (Wildman–Crippen MR) is 79.6 cm³/mol. The summed E-state index contributed by atoms with van der Waals surface area (Å²) in [6.07, 6.45) is 6.56. The van der Waals surface area contributed by atoms with Crippen molar-refractivity contribution in [3.63, 3.8) is 0 Å². The van der Waals surface area contributed by atoms with E-state index in [0.29, 0.717) is 5.92 Å². The SMILES string of the molecule is Cc1nnc(CN2CCC[C@H](Cn3ccnc3C)C2)s1. The second-order valence-electron chi connectivity index (χ2n) is 5.59. The molecule has 6 heteroatoms. The van der Waals surface area contributed by atoms with Crippen LogP contribution in [0.1, 0.15) is 28.7 Å². The Morgan fingerprint density at radius 3 is 2.95 bits per heavy atom. The Hall–Kier alpha value is -1.27. The molecule has 0 unspecified atom stereocenters. The van der Waals surface area contributed by atoms with Crippen LogP contribution in [0, 0.1) is 19.8 Å². The highest BCUT2D eigenvalue weighted by Crippen LogP contribution is 2.21. The van der Waals surface area contributed by atoms with E-state index in [1.807, 2.05) is 13.1 Å². The fourth-order valence-electron chi connectivity index (χ4n) is 2.91. The molecule has 20 heavy (non-hydrogen) atoms.